The van der Waals surface area contributed by atoms with Gasteiger partial charge in [0.1, 0.15) is 11.5 Å². The van der Waals surface area contributed by atoms with Crippen LogP contribution in [0.3, 0.4) is 0 Å². The first-order chi connectivity index (χ1) is 7.90. The largest absolute Gasteiger partial charge is 0.360 e. The summed E-state index contributed by atoms with van der Waals surface area (Å²) in [5.41, 5.74) is 0.316. The van der Waals surface area contributed by atoms with Gasteiger partial charge in [0, 0.05) is 11.5 Å². The molecule has 1 N–H and O–H groups in total. The average molecular weight is 274 g/mol. The van der Waals surface area contributed by atoms with E-state index in [0.29, 0.717) is 11.5 Å². The molecule has 0 unspecified atom stereocenters. The summed E-state index contributed by atoms with van der Waals surface area (Å²) in [4.78, 5) is 3.98. The monoisotopic (exact) mass is 274 g/mol. The van der Waals surface area contributed by atoms with Crippen LogP contribution in [0.15, 0.2) is 9.42 Å². The molecule has 0 saturated heterocycles. The minimum Gasteiger partial charge on any atom is -0.360 e. The zero-order valence-corrected chi connectivity index (χ0v) is 11.0. The van der Waals surface area contributed by atoms with Crippen LogP contribution >= 0.6 is 11.5 Å². The fraction of sp³-hybridized carbons (Fsp3) is 0.375. The van der Waals surface area contributed by atoms with Crippen molar-refractivity contribution in [2.45, 2.75) is 25.7 Å². The van der Waals surface area contributed by atoms with Crippen LogP contribution in [0.5, 0.6) is 0 Å². The van der Waals surface area contributed by atoms with E-state index in [9.17, 15) is 8.42 Å². The van der Waals surface area contributed by atoms with Crippen molar-refractivity contribution < 1.29 is 12.9 Å². The summed E-state index contributed by atoms with van der Waals surface area (Å²) in [6.45, 7) is 4.79. The van der Waals surface area contributed by atoms with Gasteiger partial charge in [0.15, 0.2) is 10.7 Å². The topological polar surface area (TPSA) is 98.0 Å². The number of nitrogens with one attached hydrogen (secondary N) is 1. The van der Waals surface area contributed by atoms with Crippen LogP contribution in [0.25, 0.3) is 0 Å². The third kappa shape index (κ3) is 2.29. The summed E-state index contributed by atoms with van der Waals surface area (Å²) in [5, 5.41) is 3.83. The molecule has 2 rings (SSSR count). The van der Waals surface area contributed by atoms with E-state index in [4.69, 9.17) is 4.52 Å². The third-order valence-corrected chi connectivity index (χ3v) is 4.42. The second-order valence-corrected chi connectivity index (χ2v) is 5.78. The lowest BCUT2D eigenvalue weighted by molar-refractivity contribution is 0.390. The maximum atomic E-state index is 12.0. The van der Waals surface area contributed by atoms with Crippen molar-refractivity contribution in [2.75, 3.05) is 4.72 Å². The van der Waals surface area contributed by atoms with E-state index < -0.39 is 10.0 Å². The Morgan fingerprint density at radius 3 is 2.47 bits per heavy atom. The fourth-order valence-corrected chi connectivity index (χ4v) is 3.49. The molecule has 17 heavy (non-hydrogen) atoms. The number of aromatic nitrogens is 3. The summed E-state index contributed by atoms with van der Waals surface area (Å²) in [6.07, 6.45) is 0. The number of nitrogens with zero attached hydrogens (tertiary/aromatic N) is 3. The van der Waals surface area contributed by atoms with E-state index in [2.05, 4.69) is 19.2 Å². The highest BCUT2D eigenvalue weighted by Crippen LogP contribution is 2.22. The summed E-state index contributed by atoms with van der Waals surface area (Å²) >= 11 is 0.983. The molecule has 7 nitrogen and oxygen atoms in total. The van der Waals surface area contributed by atoms with E-state index in [1.165, 1.54) is 0 Å². The molecular formula is C8H10N4O3S2. The number of rotatable bonds is 3. The Labute approximate surface area is 102 Å². The van der Waals surface area contributed by atoms with Crippen LogP contribution in [-0.4, -0.2) is 22.9 Å². The number of aryl methyl sites for hydroxylation is 3. The van der Waals surface area contributed by atoms with Gasteiger partial charge in [-0.05, 0) is 20.8 Å². The molecule has 0 fully saturated rings. The lowest BCUT2D eigenvalue weighted by Gasteiger charge is -2.02. The van der Waals surface area contributed by atoms with E-state index in [-0.39, 0.29) is 15.8 Å². The van der Waals surface area contributed by atoms with Gasteiger partial charge in [0.05, 0.1) is 0 Å². The molecule has 0 amide bonds. The molecule has 9 heteroatoms. The lowest BCUT2D eigenvalue weighted by Crippen LogP contribution is -2.14. The minimum absolute atomic E-state index is 0.0466. The van der Waals surface area contributed by atoms with Gasteiger partial charge in [-0.25, -0.2) is 13.4 Å². The fourth-order valence-electron chi connectivity index (χ4n) is 1.36. The summed E-state index contributed by atoms with van der Waals surface area (Å²) in [5.74, 6) is 0.766. The van der Waals surface area contributed by atoms with E-state index in [1.807, 2.05) is 0 Å². The number of hydrogen-bond acceptors (Lipinski definition) is 7. The Bertz CT molecular complexity index is 624. The molecule has 92 valence electrons. The summed E-state index contributed by atoms with van der Waals surface area (Å²) in [7, 11) is -3.72. The minimum atomic E-state index is -3.72. The Balaban J connectivity index is 2.38. The SMILES string of the molecule is Cc1nsc(NS(=O)(=O)c2c(C)noc2C)n1. The lowest BCUT2D eigenvalue weighted by atomic mass is 10.4. The molecule has 0 aliphatic heterocycles. The Morgan fingerprint density at radius 2 is 2.00 bits per heavy atom. The number of anilines is 1. The second-order valence-electron chi connectivity index (χ2n) is 3.41. The van der Waals surface area contributed by atoms with E-state index in [1.54, 1.807) is 20.8 Å². The molecule has 2 heterocycles. The van der Waals surface area contributed by atoms with Crippen molar-refractivity contribution >= 4 is 26.7 Å². The standard InChI is InChI=1S/C8H10N4O3S2/c1-4-7(5(2)15-10-4)17(13,14)12-8-9-6(3)11-16-8/h1-3H3,(H,9,11,12). The Hall–Kier alpha value is -1.48. The Morgan fingerprint density at radius 1 is 1.29 bits per heavy atom. The summed E-state index contributed by atoms with van der Waals surface area (Å²) in [6, 6.07) is 0. The molecule has 0 bridgehead atoms. The van der Waals surface area contributed by atoms with Crippen LogP contribution in [0.2, 0.25) is 0 Å². The quantitative estimate of drug-likeness (QED) is 0.904. The van der Waals surface area contributed by atoms with E-state index in [0.717, 1.165) is 11.5 Å². The van der Waals surface area contributed by atoms with Crippen LogP contribution in [0, 0.1) is 20.8 Å². The molecule has 2 aromatic heterocycles. The highest BCUT2D eigenvalue weighted by atomic mass is 32.2. The molecule has 0 aliphatic rings. The molecule has 0 aliphatic carbocycles. The maximum Gasteiger partial charge on any atom is 0.269 e. The number of hydrogen-bond donors (Lipinski definition) is 1. The first kappa shape index (κ1) is 12.0. The number of sulfonamides is 1. The Kier molecular flexibility index (Phi) is 2.87. The highest BCUT2D eigenvalue weighted by molar-refractivity contribution is 7.93. The van der Waals surface area contributed by atoms with Gasteiger partial charge < -0.3 is 4.52 Å². The molecule has 0 aromatic carbocycles. The normalized spacial score (nSPS) is 11.7. The van der Waals surface area contributed by atoms with Gasteiger partial charge in [-0.2, -0.15) is 4.37 Å². The average Bonchev–Trinajstić information content (AvgIpc) is 2.73. The zero-order chi connectivity index (χ0) is 12.6. The summed E-state index contributed by atoms with van der Waals surface area (Å²) < 4.78 is 35.1. The van der Waals surface area contributed by atoms with Gasteiger partial charge in [0.2, 0.25) is 5.13 Å². The van der Waals surface area contributed by atoms with Crippen LogP contribution in [-0.2, 0) is 10.0 Å². The first-order valence-corrected chi connectivity index (χ1v) is 6.92. The van der Waals surface area contributed by atoms with E-state index >= 15 is 0 Å². The van der Waals surface area contributed by atoms with Crippen molar-refractivity contribution in [3.63, 3.8) is 0 Å². The molecule has 0 spiro atoms. The third-order valence-electron chi connectivity index (χ3n) is 1.99. The van der Waals surface area contributed by atoms with Crippen molar-refractivity contribution in [2.24, 2.45) is 0 Å². The predicted octanol–water partition coefficient (Wildman–Crippen LogP) is 1.25. The zero-order valence-electron chi connectivity index (χ0n) is 9.38. The van der Waals surface area contributed by atoms with Crippen LogP contribution in [0.4, 0.5) is 5.13 Å². The smallest absolute Gasteiger partial charge is 0.269 e. The van der Waals surface area contributed by atoms with Crippen molar-refractivity contribution in [3.8, 4) is 0 Å². The van der Waals surface area contributed by atoms with Crippen LogP contribution in [0.1, 0.15) is 17.3 Å². The van der Waals surface area contributed by atoms with Gasteiger partial charge in [0.25, 0.3) is 10.0 Å². The van der Waals surface area contributed by atoms with Crippen molar-refractivity contribution in [3.05, 3.63) is 17.3 Å². The first-order valence-electron chi connectivity index (χ1n) is 4.66. The van der Waals surface area contributed by atoms with Crippen LogP contribution < -0.4 is 4.72 Å². The van der Waals surface area contributed by atoms with Crippen molar-refractivity contribution in [1.29, 1.82) is 0 Å². The van der Waals surface area contributed by atoms with Gasteiger partial charge in [-0.15, -0.1) is 0 Å². The van der Waals surface area contributed by atoms with Crippen molar-refractivity contribution in [1.82, 2.24) is 14.5 Å². The van der Waals surface area contributed by atoms with Gasteiger partial charge in [-0.3, -0.25) is 4.72 Å². The highest BCUT2D eigenvalue weighted by Gasteiger charge is 2.25. The predicted molar refractivity (Wildman–Crippen MR) is 61.4 cm³/mol. The molecule has 2 aromatic rings. The molecular weight excluding hydrogens is 264 g/mol. The van der Waals surface area contributed by atoms with Gasteiger partial charge >= 0.3 is 0 Å². The molecule has 0 radical (unpaired) electrons. The van der Waals surface area contributed by atoms with Gasteiger partial charge in [-0.1, -0.05) is 5.16 Å². The maximum absolute atomic E-state index is 12.0. The molecule has 0 saturated carbocycles. The second kappa shape index (κ2) is 4.08. The molecule has 0 atom stereocenters.